The highest BCUT2D eigenvalue weighted by Gasteiger charge is 2.08. The summed E-state index contributed by atoms with van der Waals surface area (Å²) in [5, 5.41) is 4.06. The Morgan fingerprint density at radius 3 is 2.56 bits per heavy atom. The van der Waals surface area contributed by atoms with Crippen LogP contribution < -0.4 is 5.56 Å². The molecule has 0 spiro atoms. The molecule has 2 aromatic rings. The van der Waals surface area contributed by atoms with E-state index in [-0.39, 0.29) is 11.3 Å². The predicted octanol–water partition coefficient (Wildman–Crippen LogP) is 1.99. The van der Waals surface area contributed by atoms with Gasteiger partial charge in [0.15, 0.2) is 5.82 Å². The van der Waals surface area contributed by atoms with E-state index in [9.17, 15) is 13.6 Å². The molecule has 0 aliphatic carbocycles. The fourth-order valence-corrected chi connectivity index (χ4v) is 1.52. The Hall–Kier alpha value is -2.11. The minimum absolute atomic E-state index is 0.193. The average Bonchev–Trinajstić information content (AvgIpc) is 2.36. The fourth-order valence-electron chi connectivity index (χ4n) is 1.52. The van der Waals surface area contributed by atoms with E-state index in [1.807, 2.05) is 6.92 Å². The summed E-state index contributed by atoms with van der Waals surface area (Å²) in [6.45, 7) is 2.38. The van der Waals surface area contributed by atoms with Gasteiger partial charge in [-0.25, -0.2) is 14.1 Å². The Balaban J connectivity index is 2.47. The van der Waals surface area contributed by atoms with Crippen LogP contribution in [0.1, 0.15) is 13.3 Å². The van der Waals surface area contributed by atoms with E-state index in [1.54, 1.807) is 0 Å². The Kier molecular flexibility index (Phi) is 3.45. The van der Waals surface area contributed by atoms with Crippen LogP contribution in [-0.2, 0) is 6.54 Å². The zero-order chi connectivity index (χ0) is 13.1. The summed E-state index contributed by atoms with van der Waals surface area (Å²) in [7, 11) is 0. The zero-order valence-corrected chi connectivity index (χ0v) is 9.73. The predicted molar refractivity (Wildman–Crippen MR) is 61.9 cm³/mol. The Bertz CT molecular complexity index is 625. The summed E-state index contributed by atoms with van der Waals surface area (Å²) in [4.78, 5) is 14.9. The van der Waals surface area contributed by atoms with Gasteiger partial charge in [-0.3, -0.25) is 4.79 Å². The van der Waals surface area contributed by atoms with Gasteiger partial charge in [0, 0.05) is 12.6 Å². The molecule has 0 N–H and O–H groups in total. The van der Waals surface area contributed by atoms with Crippen molar-refractivity contribution in [2.45, 2.75) is 19.9 Å². The van der Waals surface area contributed by atoms with E-state index in [4.69, 9.17) is 0 Å². The third-order valence-electron chi connectivity index (χ3n) is 2.37. The highest BCUT2D eigenvalue weighted by molar-refractivity contribution is 5.52. The standard InChI is InChI=1S/C12H11F2N3O/c1-2-7-17-11(18)6-5-10(16-17)9-4-3-8(13)12(14)15-9/h3-6H,2,7H2,1H3. The average molecular weight is 251 g/mol. The van der Waals surface area contributed by atoms with Gasteiger partial charge in [0.2, 0.25) is 5.95 Å². The largest absolute Gasteiger partial charge is 0.268 e. The molecule has 0 unspecified atom stereocenters. The number of pyridine rings is 1. The van der Waals surface area contributed by atoms with E-state index in [1.165, 1.54) is 22.9 Å². The number of halogens is 2. The molecule has 4 nitrogen and oxygen atoms in total. The zero-order valence-electron chi connectivity index (χ0n) is 9.73. The van der Waals surface area contributed by atoms with Gasteiger partial charge >= 0.3 is 0 Å². The van der Waals surface area contributed by atoms with Crippen molar-refractivity contribution >= 4 is 0 Å². The first kappa shape index (κ1) is 12.3. The van der Waals surface area contributed by atoms with Crippen LogP contribution in [0.15, 0.2) is 29.1 Å². The smallest absolute Gasteiger partial charge is 0.266 e. The second kappa shape index (κ2) is 5.03. The van der Waals surface area contributed by atoms with Gasteiger partial charge < -0.3 is 0 Å². The molecule has 0 saturated heterocycles. The second-order valence-corrected chi connectivity index (χ2v) is 3.75. The third kappa shape index (κ3) is 2.42. The van der Waals surface area contributed by atoms with E-state index >= 15 is 0 Å². The molecule has 0 radical (unpaired) electrons. The number of rotatable bonds is 3. The first-order valence-electron chi connectivity index (χ1n) is 5.52. The molecule has 0 saturated carbocycles. The van der Waals surface area contributed by atoms with E-state index < -0.39 is 11.8 Å². The maximum Gasteiger partial charge on any atom is 0.266 e. The van der Waals surface area contributed by atoms with Crippen molar-refractivity contribution in [1.82, 2.24) is 14.8 Å². The monoisotopic (exact) mass is 251 g/mol. The molecule has 0 amide bonds. The van der Waals surface area contributed by atoms with Crippen LogP contribution in [0, 0.1) is 11.8 Å². The van der Waals surface area contributed by atoms with Crippen LogP contribution in [0.2, 0.25) is 0 Å². The van der Waals surface area contributed by atoms with Gasteiger partial charge in [0.05, 0.1) is 5.69 Å². The summed E-state index contributed by atoms with van der Waals surface area (Å²) in [6, 6.07) is 5.07. The molecule has 18 heavy (non-hydrogen) atoms. The molecular weight excluding hydrogens is 240 g/mol. The van der Waals surface area contributed by atoms with Gasteiger partial charge in [-0.1, -0.05) is 6.92 Å². The molecule has 2 rings (SSSR count). The molecule has 0 fully saturated rings. The number of aromatic nitrogens is 3. The van der Waals surface area contributed by atoms with Gasteiger partial charge in [0.1, 0.15) is 5.69 Å². The Morgan fingerprint density at radius 2 is 1.89 bits per heavy atom. The van der Waals surface area contributed by atoms with Gasteiger partial charge in [0.25, 0.3) is 5.56 Å². The number of aryl methyl sites for hydroxylation is 1. The molecule has 0 aliphatic rings. The third-order valence-corrected chi connectivity index (χ3v) is 2.37. The molecule has 2 heterocycles. The van der Waals surface area contributed by atoms with Crippen molar-refractivity contribution in [1.29, 1.82) is 0 Å². The lowest BCUT2D eigenvalue weighted by molar-refractivity contribution is 0.480. The normalized spacial score (nSPS) is 10.6. The summed E-state index contributed by atoms with van der Waals surface area (Å²) in [6.07, 6.45) is 0.752. The van der Waals surface area contributed by atoms with Crippen molar-refractivity contribution in [3.63, 3.8) is 0 Å². The van der Waals surface area contributed by atoms with Gasteiger partial charge in [-0.2, -0.15) is 9.49 Å². The van der Waals surface area contributed by atoms with Crippen LogP contribution in [-0.4, -0.2) is 14.8 Å². The summed E-state index contributed by atoms with van der Waals surface area (Å²) in [5.41, 5.74) is 0.295. The number of hydrogen-bond acceptors (Lipinski definition) is 3. The van der Waals surface area contributed by atoms with Crippen molar-refractivity contribution in [3.8, 4) is 11.4 Å². The first-order chi connectivity index (χ1) is 8.61. The molecule has 0 bridgehead atoms. The van der Waals surface area contributed by atoms with Crippen LogP contribution in [0.3, 0.4) is 0 Å². The number of hydrogen-bond donors (Lipinski definition) is 0. The molecular formula is C12H11F2N3O. The van der Waals surface area contributed by atoms with Crippen LogP contribution >= 0.6 is 0 Å². The highest BCUT2D eigenvalue weighted by Crippen LogP contribution is 2.14. The maximum atomic E-state index is 13.0. The van der Waals surface area contributed by atoms with Crippen LogP contribution in [0.4, 0.5) is 8.78 Å². The molecule has 0 aromatic carbocycles. The fraction of sp³-hybridized carbons (Fsp3) is 0.250. The maximum absolute atomic E-state index is 13.0. The van der Waals surface area contributed by atoms with E-state index in [2.05, 4.69) is 10.1 Å². The summed E-state index contributed by atoms with van der Waals surface area (Å²) in [5.74, 6) is -2.19. The molecule has 94 valence electrons. The molecule has 0 aliphatic heterocycles. The minimum Gasteiger partial charge on any atom is -0.268 e. The molecule has 0 atom stereocenters. The van der Waals surface area contributed by atoms with Gasteiger partial charge in [-0.15, -0.1) is 0 Å². The van der Waals surface area contributed by atoms with Crippen molar-refractivity contribution in [2.24, 2.45) is 0 Å². The first-order valence-corrected chi connectivity index (χ1v) is 5.52. The highest BCUT2D eigenvalue weighted by atomic mass is 19.2. The van der Waals surface area contributed by atoms with Crippen LogP contribution in [0.25, 0.3) is 11.4 Å². The lowest BCUT2D eigenvalue weighted by atomic mass is 10.2. The van der Waals surface area contributed by atoms with Crippen molar-refractivity contribution in [3.05, 3.63) is 46.4 Å². The molecule has 6 heteroatoms. The summed E-state index contributed by atoms with van der Waals surface area (Å²) < 4.78 is 27.1. The lowest BCUT2D eigenvalue weighted by Gasteiger charge is -2.05. The number of nitrogens with zero attached hydrogens (tertiary/aromatic N) is 3. The van der Waals surface area contributed by atoms with Crippen molar-refractivity contribution < 1.29 is 8.78 Å². The van der Waals surface area contributed by atoms with Crippen molar-refractivity contribution in [2.75, 3.05) is 0 Å². The van der Waals surface area contributed by atoms with Crippen LogP contribution in [0.5, 0.6) is 0 Å². The quantitative estimate of drug-likeness (QED) is 0.784. The minimum atomic E-state index is -1.18. The van der Waals surface area contributed by atoms with Gasteiger partial charge in [-0.05, 0) is 24.6 Å². The van der Waals surface area contributed by atoms with E-state index in [0.29, 0.717) is 12.2 Å². The second-order valence-electron chi connectivity index (χ2n) is 3.75. The Morgan fingerprint density at radius 1 is 1.17 bits per heavy atom. The summed E-state index contributed by atoms with van der Waals surface area (Å²) >= 11 is 0. The lowest BCUT2D eigenvalue weighted by Crippen LogP contribution is -2.22. The molecule has 2 aromatic heterocycles. The SMILES string of the molecule is CCCn1nc(-c2ccc(F)c(F)n2)ccc1=O. The topological polar surface area (TPSA) is 47.8 Å². The Labute approximate surface area is 102 Å². The van der Waals surface area contributed by atoms with E-state index in [0.717, 1.165) is 12.5 Å².